The van der Waals surface area contributed by atoms with Crippen LogP contribution in [0.4, 0.5) is 0 Å². The van der Waals surface area contributed by atoms with E-state index in [1.165, 1.54) is 5.56 Å². The molecule has 0 aliphatic carbocycles. The number of carbonyl (C=O) groups is 2. The zero-order valence-corrected chi connectivity index (χ0v) is 22.3. The number of aryl methyl sites for hydroxylation is 1. The van der Waals surface area contributed by atoms with Crippen LogP contribution >= 0.6 is 0 Å². The van der Waals surface area contributed by atoms with Crippen LogP contribution in [0.1, 0.15) is 33.5 Å². The quantitative estimate of drug-likeness (QED) is 0.237. The second-order valence-corrected chi connectivity index (χ2v) is 9.34. The topological polar surface area (TPSA) is 76.1 Å². The van der Waals surface area contributed by atoms with E-state index in [9.17, 15) is 14.7 Å². The number of hydrogen-bond acceptors (Lipinski definition) is 4. The van der Waals surface area contributed by atoms with Gasteiger partial charge in [-0.25, -0.2) is 4.79 Å². The number of benzene rings is 4. The lowest BCUT2D eigenvalue weighted by atomic mass is 9.98. The lowest BCUT2D eigenvalue weighted by Gasteiger charge is -2.23. The fourth-order valence-electron chi connectivity index (χ4n) is 4.52. The summed E-state index contributed by atoms with van der Waals surface area (Å²) in [6, 6.07) is 30.3. The molecule has 0 radical (unpaired) electrons. The number of ether oxygens (including phenoxy) is 2. The minimum atomic E-state index is -0.957. The largest absolute Gasteiger partial charge is 0.497 e. The van der Waals surface area contributed by atoms with Crippen molar-refractivity contribution < 1.29 is 24.2 Å². The first-order chi connectivity index (χ1) is 19.0. The Morgan fingerprint density at radius 1 is 0.718 bits per heavy atom. The van der Waals surface area contributed by atoms with Gasteiger partial charge in [-0.3, -0.25) is 4.79 Å². The van der Waals surface area contributed by atoms with Crippen molar-refractivity contribution in [2.45, 2.75) is 25.8 Å². The van der Waals surface area contributed by atoms with Crippen LogP contribution in [0.5, 0.6) is 11.5 Å². The summed E-state index contributed by atoms with van der Waals surface area (Å²) in [6.45, 7) is 1.09. The third-order valence-electron chi connectivity index (χ3n) is 6.72. The number of nitrogens with zero attached hydrogens (tertiary/aromatic N) is 1. The highest BCUT2D eigenvalue weighted by Gasteiger charge is 2.16. The van der Waals surface area contributed by atoms with Crippen LogP contribution in [0, 0.1) is 0 Å². The molecule has 0 unspecified atom stereocenters. The number of amides is 1. The van der Waals surface area contributed by atoms with Crippen molar-refractivity contribution in [2.75, 3.05) is 20.8 Å². The van der Waals surface area contributed by atoms with E-state index in [-0.39, 0.29) is 11.5 Å². The van der Waals surface area contributed by atoms with Crippen LogP contribution < -0.4 is 9.47 Å². The molecule has 4 aromatic carbocycles. The van der Waals surface area contributed by atoms with Gasteiger partial charge in [-0.05, 0) is 71.0 Å². The van der Waals surface area contributed by atoms with Gasteiger partial charge < -0.3 is 19.5 Å². The second-order valence-electron chi connectivity index (χ2n) is 9.34. The summed E-state index contributed by atoms with van der Waals surface area (Å²) in [5, 5.41) is 9.55. The molecule has 1 N–H and O–H groups in total. The maximum absolute atomic E-state index is 13.4. The molecule has 0 aliphatic heterocycles. The Morgan fingerprint density at radius 2 is 1.28 bits per heavy atom. The molecule has 0 bridgehead atoms. The molecule has 0 saturated heterocycles. The molecular formula is C33H33NO5. The normalized spacial score (nSPS) is 10.6. The molecule has 0 saturated carbocycles. The van der Waals surface area contributed by atoms with Crippen LogP contribution in [0.15, 0.2) is 97.1 Å². The molecule has 0 aromatic heterocycles. The number of carbonyl (C=O) groups excluding carboxylic acids is 1. The summed E-state index contributed by atoms with van der Waals surface area (Å²) < 4.78 is 10.5. The van der Waals surface area contributed by atoms with Crippen LogP contribution in [-0.2, 0) is 24.2 Å². The third-order valence-corrected chi connectivity index (χ3v) is 6.72. The summed E-state index contributed by atoms with van der Waals surface area (Å²) >= 11 is 0. The van der Waals surface area contributed by atoms with Crippen molar-refractivity contribution >= 4 is 11.9 Å². The zero-order valence-electron chi connectivity index (χ0n) is 22.3. The van der Waals surface area contributed by atoms with Crippen molar-refractivity contribution in [3.05, 3.63) is 119 Å². The van der Waals surface area contributed by atoms with E-state index in [0.717, 1.165) is 41.0 Å². The molecule has 6 nitrogen and oxygen atoms in total. The molecule has 0 aliphatic rings. The lowest BCUT2D eigenvalue weighted by Crippen LogP contribution is -2.33. The van der Waals surface area contributed by atoms with Gasteiger partial charge >= 0.3 is 5.97 Å². The van der Waals surface area contributed by atoms with Gasteiger partial charge in [-0.2, -0.15) is 0 Å². The van der Waals surface area contributed by atoms with E-state index < -0.39 is 5.97 Å². The molecule has 4 aromatic rings. The van der Waals surface area contributed by atoms with Gasteiger partial charge in [0, 0.05) is 13.1 Å². The lowest BCUT2D eigenvalue weighted by molar-refractivity contribution is -0.131. The first-order valence-electron chi connectivity index (χ1n) is 12.9. The van der Waals surface area contributed by atoms with Crippen molar-refractivity contribution in [1.82, 2.24) is 4.90 Å². The molecule has 1 amide bonds. The molecule has 4 rings (SSSR count). The first kappa shape index (κ1) is 27.5. The van der Waals surface area contributed by atoms with Gasteiger partial charge in [0.2, 0.25) is 5.91 Å². The SMILES string of the molecule is COc1ccc(CCCN(Cc2ccc(-c3ccccc3C(=O)O)cc2)C(=O)Cc2ccc(OC)cc2)cc1. The molecule has 39 heavy (non-hydrogen) atoms. The van der Waals surface area contributed by atoms with E-state index in [1.807, 2.05) is 77.7 Å². The van der Waals surface area contributed by atoms with Gasteiger partial charge in [0.1, 0.15) is 11.5 Å². The first-order valence-corrected chi connectivity index (χ1v) is 12.9. The molecule has 0 heterocycles. The summed E-state index contributed by atoms with van der Waals surface area (Å²) in [5.41, 5.74) is 4.87. The van der Waals surface area contributed by atoms with E-state index in [2.05, 4.69) is 12.1 Å². The van der Waals surface area contributed by atoms with Crippen molar-refractivity contribution in [1.29, 1.82) is 0 Å². The fraction of sp³-hybridized carbons (Fsp3) is 0.212. The molecule has 0 atom stereocenters. The highest BCUT2D eigenvalue weighted by Crippen LogP contribution is 2.25. The predicted molar refractivity (Wildman–Crippen MR) is 152 cm³/mol. The molecule has 0 spiro atoms. The van der Waals surface area contributed by atoms with E-state index in [0.29, 0.717) is 25.1 Å². The number of rotatable bonds is 12. The Labute approximate surface area is 229 Å². The number of aromatic carboxylic acids is 1. The summed E-state index contributed by atoms with van der Waals surface area (Å²) in [5.74, 6) is 0.675. The molecule has 6 heteroatoms. The number of hydrogen-bond donors (Lipinski definition) is 1. The van der Waals surface area contributed by atoms with Gasteiger partial charge in [-0.15, -0.1) is 0 Å². The molecule has 0 fully saturated rings. The monoisotopic (exact) mass is 523 g/mol. The summed E-state index contributed by atoms with van der Waals surface area (Å²) in [7, 11) is 3.27. The Morgan fingerprint density at radius 3 is 1.87 bits per heavy atom. The van der Waals surface area contributed by atoms with Crippen molar-refractivity contribution in [3.8, 4) is 22.6 Å². The molecular weight excluding hydrogens is 490 g/mol. The van der Waals surface area contributed by atoms with Gasteiger partial charge in [0.25, 0.3) is 0 Å². The Hall–Kier alpha value is -4.58. The minimum absolute atomic E-state index is 0.0511. The zero-order chi connectivity index (χ0) is 27.6. The second kappa shape index (κ2) is 13.3. The molecule has 200 valence electrons. The standard InChI is InChI=1S/C33H33NO5/c1-38-28-17-11-24(12-18-28)6-5-21-34(32(35)22-25-13-19-29(39-2)20-14-25)23-26-9-15-27(16-10-26)30-7-3-4-8-31(30)33(36)37/h3-4,7-20H,5-6,21-23H2,1-2H3,(H,36,37). The van der Waals surface area contributed by atoms with Crippen LogP contribution in [0.3, 0.4) is 0 Å². The Kier molecular flexibility index (Phi) is 9.35. The third kappa shape index (κ3) is 7.48. The summed E-state index contributed by atoms with van der Waals surface area (Å²) in [6.07, 6.45) is 1.97. The van der Waals surface area contributed by atoms with E-state index in [4.69, 9.17) is 9.47 Å². The van der Waals surface area contributed by atoms with Gasteiger partial charge in [0.15, 0.2) is 0 Å². The number of carboxylic acid groups (broad SMARTS) is 1. The van der Waals surface area contributed by atoms with Crippen LogP contribution in [-0.4, -0.2) is 42.6 Å². The maximum Gasteiger partial charge on any atom is 0.336 e. The smallest absolute Gasteiger partial charge is 0.336 e. The highest BCUT2D eigenvalue weighted by atomic mass is 16.5. The Bertz CT molecular complexity index is 1380. The fourth-order valence-corrected chi connectivity index (χ4v) is 4.52. The number of carboxylic acids is 1. The summed E-state index contributed by atoms with van der Waals surface area (Å²) in [4.78, 5) is 27.0. The van der Waals surface area contributed by atoms with E-state index in [1.54, 1.807) is 26.4 Å². The van der Waals surface area contributed by atoms with Gasteiger partial charge in [0.05, 0.1) is 26.2 Å². The average molecular weight is 524 g/mol. The van der Waals surface area contributed by atoms with E-state index >= 15 is 0 Å². The van der Waals surface area contributed by atoms with Gasteiger partial charge in [-0.1, -0.05) is 66.7 Å². The number of methoxy groups -OCH3 is 2. The predicted octanol–water partition coefficient (Wildman–Crippen LogP) is 6.27. The van der Waals surface area contributed by atoms with Crippen molar-refractivity contribution in [3.63, 3.8) is 0 Å². The van der Waals surface area contributed by atoms with Crippen molar-refractivity contribution in [2.24, 2.45) is 0 Å². The van der Waals surface area contributed by atoms with Crippen LogP contribution in [0.25, 0.3) is 11.1 Å². The highest BCUT2D eigenvalue weighted by molar-refractivity contribution is 5.96. The minimum Gasteiger partial charge on any atom is -0.497 e. The Balaban J connectivity index is 1.48. The maximum atomic E-state index is 13.4. The van der Waals surface area contributed by atoms with Crippen LogP contribution in [0.2, 0.25) is 0 Å². The average Bonchev–Trinajstić information content (AvgIpc) is 2.97.